The zero-order chi connectivity index (χ0) is 18.4. The van der Waals surface area contributed by atoms with Crippen molar-refractivity contribution in [3.63, 3.8) is 0 Å². The maximum Gasteiger partial charge on any atom is 0.243 e. The Bertz CT molecular complexity index is 830. The molecule has 0 aliphatic carbocycles. The van der Waals surface area contributed by atoms with E-state index in [1.807, 2.05) is 12.1 Å². The van der Waals surface area contributed by atoms with E-state index < -0.39 is 10.0 Å². The molecular weight excluding hydrogens is 350 g/mol. The van der Waals surface area contributed by atoms with E-state index in [1.54, 1.807) is 36.7 Å². The van der Waals surface area contributed by atoms with Crippen LogP contribution in [-0.4, -0.2) is 36.7 Å². The minimum absolute atomic E-state index is 0.111. The smallest absolute Gasteiger partial charge is 0.243 e. The van der Waals surface area contributed by atoms with Crippen LogP contribution >= 0.6 is 0 Å². The highest BCUT2D eigenvalue weighted by atomic mass is 32.2. The number of anilines is 1. The first-order valence-corrected chi connectivity index (χ1v) is 10.3. The molecule has 6 nitrogen and oxygen atoms in total. The van der Waals surface area contributed by atoms with E-state index in [2.05, 4.69) is 10.3 Å². The number of sulfonamides is 1. The van der Waals surface area contributed by atoms with Crippen molar-refractivity contribution in [3.05, 3.63) is 54.4 Å². The summed E-state index contributed by atoms with van der Waals surface area (Å²) < 4.78 is 26.8. The summed E-state index contributed by atoms with van der Waals surface area (Å²) in [6.07, 6.45) is 7.29. The lowest BCUT2D eigenvalue weighted by atomic mass is 10.1. The second-order valence-electron chi connectivity index (χ2n) is 6.40. The van der Waals surface area contributed by atoms with Crippen molar-refractivity contribution in [1.82, 2.24) is 9.29 Å². The van der Waals surface area contributed by atoms with Crippen molar-refractivity contribution < 1.29 is 13.2 Å². The van der Waals surface area contributed by atoms with Crippen LogP contribution in [0.5, 0.6) is 0 Å². The summed E-state index contributed by atoms with van der Waals surface area (Å²) in [6.45, 7) is 1.16. The van der Waals surface area contributed by atoms with Gasteiger partial charge in [-0.3, -0.25) is 9.78 Å². The SMILES string of the molecule is O=C(CCc1cccnc1)Nc1ccc(S(=O)(=O)N2CCCCC2)cc1. The normalized spacial score (nSPS) is 15.5. The van der Waals surface area contributed by atoms with Gasteiger partial charge < -0.3 is 5.32 Å². The van der Waals surface area contributed by atoms with Crippen LogP contribution in [0.25, 0.3) is 0 Å². The summed E-state index contributed by atoms with van der Waals surface area (Å²) in [4.78, 5) is 16.4. The fourth-order valence-corrected chi connectivity index (χ4v) is 4.51. The van der Waals surface area contributed by atoms with Gasteiger partial charge in [0.15, 0.2) is 0 Å². The summed E-state index contributed by atoms with van der Waals surface area (Å²) in [5.74, 6) is -0.111. The highest BCUT2D eigenvalue weighted by Crippen LogP contribution is 2.22. The van der Waals surface area contributed by atoms with Crippen LogP contribution in [0.2, 0.25) is 0 Å². The van der Waals surface area contributed by atoms with Crippen LogP contribution in [0.1, 0.15) is 31.2 Å². The van der Waals surface area contributed by atoms with Crippen molar-refractivity contribution in [2.24, 2.45) is 0 Å². The molecule has 0 atom stereocenters. The minimum Gasteiger partial charge on any atom is -0.326 e. The number of hydrogen-bond donors (Lipinski definition) is 1. The molecule has 2 aromatic rings. The number of benzene rings is 1. The molecule has 0 spiro atoms. The van der Waals surface area contributed by atoms with Crippen molar-refractivity contribution in [1.29, 1.82) is 0 Å². The first-order valence-electron chi connectivity index (χ1n) is 8.85. The lowest BCUT2D eigenvalue weighted by Gasteiger charge is -2.25. The second kappa shape index (κ2) is 8.42. The number of amides is 1. The van der Waals surface area contributed by atoms with Crippen LogP contribution in [0.3, 0.4) is 0 Å². The largest absolute Gasteiger partial charge is 0.326 e. The monoisotopic (exact) mass is 373 g/mol. The second-order valence-corrected chi connectivity index (χ2v) is 8.34. The third-order valence-electron chi connectivity index (χ3n) is 4.45. The quantitative estimate of drug-likeness (QED) is 0.844. The number of aromatic nitrogens is 1. The van der Waals surface area contributed by atoms with E-state index in [0.29, 0.717) is 31.6 Å². The number of nitrogens with zero attached hydrogens (tertiary/aromatic N) is 2. The predicted molar refractivity (Wildman–Crippen MR) is 100 cm³/mol. The van der Waals surface area contributed by atoms with Gasteiger partial charge in [-0.15, -0.1) is 0 Å². The molecule has 1 saturated heterocycles. The van der Waals surface area contributed by atoms with E-state index in [9.17, 15) is 13.2 Å². The summed E-state index contributed by atoms with van der Waals surface area (Å²) in [7, 11) is -3.44. The molecule has 138 valence electrons. The van der Waals surface area contributed by atoms with Gasteiger partial charge in [0, 0.05) is 37.6 Å². The van der Waals surface area contributed by atoms with Crippen molar-refractivity contribution in [3.8, 4) is 0 Å². The molecule has 3 rings (SSSR count). The van der Waals surface area contributed by atoms with Gasteiger partial charge in [0.25, 0.3) is 0 Å². The predicted octanol–water partition coefficient (Wildman–Crippen LogP) is 2.83. The van der Waals surface area contributed by atoms with Crippen molar-refractivity contribution in [2.45, 2.75) is 37.0 Å². The number of pyridine rings is 1. The van der Waals surface area contributed by atoms with E-state index in [0.717, 1.165) is 24.8 Å². The molecule has 0 saturated carbocycles. The number of piperidine rings is 1. The Hall–Kier alpha value is -2.25. The Morgan fingerprint density at radius 3 is 2.46 bits per heavy atom. The van der Waals surface area contributed by atoms with E-state index in [-0.39, 0.29) is 10.8 Å². The summed E-state index contributed by atoms with van der Waals surface area (Å²) in [6, 6.07) is 10.2. The average Bonchev–Trinajstić information content (AvgIpc) is 2.68. The summed E-state index contributed by atoms with van der Waals surface area (Å²) in [5, 5.41) is 2.80. The van der Waals surface area contributed by atoms with Crippen molar-refractivity contribution >= 4 is 21.6 Å². The van der Waals surface area contributed by atoms with Gasteiger partial charge in [-0.05, 0) is 55.2 Å². The number of hydrogen-bond acceptors (Lipinski definition) is 4. The average molecular weight is 373 g/mol. The summed E-state index contributed by atoms with van der Waals surface area (Å²) in [5.41, 5.74) is 1.60. The number of rotatable bonds is 6. The Kier molecular flexibility index (Phi) is 6.00. The van der Waals surface area contributed by atoms with Crippen LogP contribution in [0.15, 0.2) is 53.7 Å². The topological polar surface area (TPSA) is 79.4 Å². The van der Waals surface area contributed by atoms with Crippen LogP contribution in [0.4, 0.5) is 5.69 Å². The molecule has 0 radical (unpaired) electrons. The zero-order valence-electron chi connectivity index (χ0n) is 14.6. The lowest BCUT2D eigenvalue weighted by Crippen LogP contribution is -2.35. The Morgan fingerprint density at radius 1 is 1.08 bits per heavy atom. The van der Waals surface area contributed by atoms with Crippen LogP contribution in [0, 0.1) is 0 Å². The van der Waals surface area contributed by atoms with Gasteiger partial charge in [0.2, 0.25) is 15.9 Å². The number of aryl methyl sites for hydroxylation is 1. The molecule has 0 unspecified atom stereocenters. The molecule has 1 fully saturated rings. The van der Waals surface area contributed by atoms with Gasteiger partial charge in [-0.2, -0.15) is 4.31 Å². The van der Waals surface area contributed by atoms with Gasteiger partial charge in [-0.25, -0.2) is 8.42 Å². The molecule has 1 amide bonds. The lowest BCUT2D eigenvalue weighted by molar-refractivity contribution is -0.116. The molecule has 1 aliphatic heterocycles. The minimum atomic E-state index is -3.44. The zero-order valence-corrected chi connectivity index (χ0v) is 15.4. The molecule has 7 heteroatoms. The third-order valence-corrected chi connectivity index (χ3v) is 6.37. The maximum absolute atomic E-state index is 12.6. The molecule has 1 aromatic carbocycles. The number of nitrogens with one attached hydrogen (secondary N) is 1. The molecule has 0 bridgehead atoms. The van der Waals surface area contributed by atoms with E-state index in [1.165, 1.54) is 4.31 Å². The fraction of sp³-hybridized carbons (Fsp3) is 0.368. The van der Waals surface area contributed by atoms with Crippen LogP contribution in [-0.2, 0) is 21.2 Å². The first kappa shape index (κ1) is 18.5. The Morgan fingerprint density at radius 2 is 1.81 bits per heavy atom. The number of carbonyl (C=O) groups is 1. The molecule has 1 aliphatic rings. The summed E-state index contributed by atoms with van der Waals surface area (Å²) >= 11 is 0. The standard InChI is InChI=1S/C19H23N3O3S/c23-19(11-6-16-5-4-12-20-15-16)21-17-7-9-18(10-8-17)26(24,25)22-13-2-1-3-14-22/h4-5,7-10,12,15H,1-3,6,11,13-14H2,(H,21,23). The van der Waals surface area contributed by atoms with Gasteiger partial charge in [0.05, 0.1) is 4.90 Å². The third kappa shape index (κ3) is 4.68. The number of carbonyl (C=O) groups excluding carboxylic acids is 1. The van der Waals surface area contributed by atoms with Crippen LogP contribution < -0.4 is 5.32 Å². The van der Waals surface area contributed by atoms with E-state index >= 15 is 0 Å². The maximum atomic E-state index is 12.6. The molecule has 1 N–H and O–H groups in total. The van der Waals surface area contributed by atoms with Gasteiger partial charge in [0.1, 0.15) is 0 Å². The first-order chi connectivity index (χ1) is 12.6. The fourth-order valence-electron chi connectivity index (χ4n) is 2.99. The molecule has 26 heavy (non-hydrogen) atoms. The molecule has 2 heterocycles. The molecule has 1 aromatic heterocycles. The van der Waals surface area contributed by atoms with E-state index in [4.69, 9.17) is 0 Å². The Balaban J connectivity index is 1.58. The van der Waals surface area contributed by atoms with Gasteiger partial charge in [-0.1, -0.05) is 12.5 Å². The van der Waals surface area contributed by atoms with Crippen molar-refractivity contribution in [2.75, 3.05) is 18.4 Å². The molecular formula is C19H23N3O3S. The van der Waals surface area contributed by atoms with Gasteiger partial charge >= 0.3 is 0 Å². The highest BCUT2D eigenvalue weighted by Gasteiger charge is 2.25. The highest BCUT2D eigenvalue weighted by molar-refractivity contribution is 7.89. The Labute approximate surface area is 154 Å².